The summed E-state index contributed by atoms with van der Waals surface area (Å²) in [6.07, 6.45) is 3.69. The van der Waals surface area contributed by atoms with E-state index in [4.69, 9.17) is 22.6 Å². The second-order valence-electron chi connectivity index (χ2n) is 20.5. The summed E-state index contributed by atoms with van der Waals surface area (Å²) < 4.78 is 173. The molecular weight excluding hydrogens is 1110 g/mol. The van der Waals surface area contributed by atoms with Crippen LogP contribution >= 0.6 is 23.4 Å². The lowest BCUT2D eigenvalue weighted by molar-refractivity contribution is -0.120. The molecule has 0 radical (unpaired) electrons. The fourth-order valence-electron chi connectivity index (χ4n) is 9.74. The van der Waals surface area contributed by atoms with Crippen LogP contribution in [-0.4, -0.2) is 143 Å². The Hall–Kier alpha value is -6.01. The molecule has 4 aromatic carbocycles. The topological polar surface area (TPSA) is 185 Å². The molecule has 0 unspecified atom stereocenters. The summed E-state index contributed by atoms with van der Waals surface area (Å²) in [6, 6.07) is 24.9. The first-order valence-electron chi connectivity index (χ1n) is 29.7. The number of rotatable bonds is 19. The number of nitrogens with one attached hydrogen (secondary N) is 3. The molecule has 426 valence electrons. The number of alkyl halides is 3. The van der Waals surface area contributed by atoms with E-state index in [2.05, 4.69) is 51.4 Å². The van der Waals surface area contributed by atoms with E-state index in [1.165, 1.54) is 52.1 Å². The molecular formula is C57H65ClF3N9O7S3. The number of carbonyl (C=O) groups excluding carboxylic acids is 3. The lowest BCUT2D eigenvalue weighted by atomic mass is 9.73. The number of urea groups is 1. The standard InChI is InChI=1S/C57H65ClF3N9O7S3/c1-56(2)23-20-50(40-8-12-43(58)13-9-40)42(35-56)37-67-30-32-69(33-31-67)46-15-10-41(11-16-46)54(72)65-80(76,77)49-18-19-51(52(34-49)79(74,75)57(59,60)61)63-45(39-78-48-6-4-3-5-7-48)21-24-66-26-28-68(29-27-66)38-44-14-17-47(36-62-44)70-25-22-53(71)64-55(70)73/h3-19,34,36,45,63H,20-33,35,37-39H2,1-2H3,(H,65,72)(H,64,71,73)/t45-/m1/s1/i26D2,27D2,28D2,29D2. The SMILES string of the molecule is [2H]C1([2H])N(CC[C@H](CSc2ccccc2)Nc2ccc(S(=O)(=O)NC(=O)c3ccc(N4CCN(CC5=C(c6ccc(Cl)cc6)CCC(C)(C)C5)CC4)cc3)cc2S(=O)(=O)C(F)(F)F)C([2H])([2H])C([2H])([2H])N(Cc2ccc(N3CCC(=O)NC3=O)cn2)C1([2H])[2H]. The van der Waals surface area contributed by atoms with Gasteiger partial charge in [0.05, 0.1) is 28.2 Å². The van der Waals surface area contributed by atoms with Gasteiger partial charge in [-0.2, -0.15) is 13.2 Å². The van der Waals surface area contributed by atoms with Gasteiger partial charge < -0.3 is 15.1 Å². The van der Waals surface area contributed by atoms with Gasteiger partial charge >= 0.3 is 11.5 Å². The van der Waals surface area contributed by atoms with Crippen molar-refractivity contribution < 1.29 is 55.4 Å². The second-order valence-corrected chi connectivity index (χ2v) is 25.6. The summed E-state index contributed by atoms with van der Waals surface area (Å²) in [5.74, 6) is -1.81. The Morgan fingerprint density at radius 2 is 1.51 bits per heavy atom. The molecule has 23 heteroatoms. The van der Waals surface area contributed by atoms with Crippen molar-refractivity contribution in [2.24, 2.45) is 5.41 Å². The van der Waals surface area contributed by atoms with Crippen LogP contribution in [0.1, 0.15) is 78.5 Å². The van der Waals surface area contributed by atoms with Gasteiger partial charge in [-0.05, 0) is 121 Å². The van der Waals surface area contributed by atoms with Crippen molar-refractivity contribution in [2.45, 2.75) is 78.7 Å². The predicted octanol–water partition coefficient (Wildman–Crippen LogP) is 9.16. The van der Waals surface area contributed by atoms with Gasteiger partial charge in [-0.25, -0.2) is 26.4 Å². The minimum absolute atomic E-state index is 0.00163. The number of carbonyl (C=O) groups is 3. The minimum Gasteiger partial charge on any atom is -0.380 e. The lowest BCUT2D eigenvalue weighted by Gasteiger charge is -2.39. The van der Waals surface area contributed by atoms with Crippen molar-refractivity contribution >= 4 is 83.7 Å². The molecule has 4 amide bonds. The summed E-state index contributed by atoms with van der Waals surface area (Å²) in [7, 11) is -11.5. The molecule has 3 aliphatic heterocycles. The Bertz CT molecular complexity index is 3660. The highest BCUT2D eigenvalue weighted by molar-refractivity contribution is 7.99. The zero-order valence-electron chi connectivity index (χ0n) is 51.7. The number of benzene rings is 4. The number of halogens is 4. The van der Waals surface area contributed by atoms with Gasteiger partial charge in [0, 0.05) is 129 Å². The number of hydrogen-bond acceptors (Lipinski definition) is 14. The van der Waals surface area contributed by atoms with Gasteiger partial charge in [0.1, 0.15) is 4.90 Å². The number of nitrogens with zero attached hydrogens (tertiary/aromatic N) is 6. The maximum Gasteiger partial charge on any atom is 0.501 e. The molecule has 0 spiro atoms. The number of amides is 4. The van der Waals surface area contributed by atoms with Gasteiger partial charge in [0.15, 0.2) is 0 Å². The van der Waals surface area contributed by atoms with Gasteiger partial charge in [0.25, 0.3) is 25.8 Å². The number of imide groups is 1. The van der Waals surface area contributed by atoms with Crippen molar-refractivity contribution in [3.8, 4) is 0 Å². The highest BCUT2D eigenvalue weighted by Crippen LogP contribution is 2.43. The van der Waals surface area contributed by atoms with E-state index in [9.17, 15) is 44.4 Å². The summed E-state index contributed by atoms with van der Waals surface area (Å²) in [4.78, 5) is 46.2. The lowest BCUT2D eigenvalue weighted by Crippen LogP contribution is -2.49. The smallest absolute Gasteiger partial charge is 0.380 e. The Labute approximate surface area is 486 Å². The third-order valence-corrected chi connectivity index (χ3v) is 18.4. The molecule has 80 heavy (non-hydrogen) atoms. The molecule has 3 saturated heterocycles. The minimum atomic E-state index is -6.41. The number of allylic oxidation sites excluding steroid dienone is 1. The van der Waals surface area contributed by atoms with Gasteiger partial charge in [-0.1, -0.05) is 61.4 Å². The number of hydrogen-bond donors (Lipinski definition) is 3. The summed E-state index contributed by atoms with van der Waals surface area (Å²) in [6.45, 7) is -6.88. The van der Waals surface area contributed by atoms with Crippen molar-refractivity contribution in [1.29, 1.82) is 0 Å². The first-order valence-corrected chi connectivity index (χ1v) is 30.1. The van der Waals surface area contributed by atoms with Crippen molar-refractivity contribution in [3.05, 3.63) is 143 Å². The Morgan fingerprint density at radius 3 is 2.17 bits per heavy atom. The van der Waals surface area contributed by atoms with Crippen LogP contribution in [0, 0.1) is 5.41 Å². The number of aromatic nitrogens is 1. The fourth-order valence-corrected chi connectivity index (χ4v) is 12.9. The predicted molar refractivity (Wildman–Crippen MR) is 306 cm³/mol. The molecule has 16 nitrogen and oxygen atoms in total. The van der Waals surface area contributed by atoms with E-state index >= 15 is 0 Å². The highest BCUT2D eigenvalue weighted by Gasteiger charge is 2.48. The largest absolute Gasteiger partial charge is 0.501 e. The number of sulfone groups is 1. The van der Waals surface area contributed by atoms with Crippen LogP contribution in [0.4, 0.5) is 35.0 Å². The van der Waals surface area contributed by atoms with Crippen LogP contribution in [0.5, 0.6) is 0 Å². The molecule has 0 saturated carbocycles. The van der Waals surface area contributed by atoms with Gasteiger partial charge in [-0.3, -0.25) is 34.6 Å². The monoisotopic (exact) mass is 1180 g/mol. The Balaban J connectivity index is 0.902. The van der Waals surface area contributed by atoms with Gasteiger partial charge in [-0.15, -0.1) is 11.8 Å². The zero-order valence-corrected chi connectivity index (χ0v) is 46.9. The average molecular weight is 1180 g/mol. The molecule has 1 atom stereocenters. The number of anilines is 3. The maximum absolute atomic E-state index is 14.6. The summed E-state index contributed by atoms with van der Waals surface area (Å²) in [5.41, 5.74) is -1.91. The number of thioether (sulfide) groups is 1. The van der Waals surface area contributed by atoms with Crippen LogP contribution in [0.3, 0.4) is 0 Å². The van der Waals surface area contributed by atoms with E-state index in [1.807, 2.05) is 16.9 Å². The third kappa shape index (κ3) is 14.7. The fraction of sp³-hybridized carbons (Fsp3) is 0.404. The van der Waals surface area contributed by atoms with Crippen LogP contribution in [0.25, 0.3) is 5.57 Å². The van der Waals surface area contributed by atoms with Gasteiger partial charge in [0.2, 0.25) is 5.91 Å². The van der Waals surface area contributed by atoms with E-state index in [0.29, 0.717) is 32.8 Å². The Kier molecular flexibility index (Phi) is 15.2. The second kappa shape index (κ2) is 25.0. The molecule has 1 aromatic heterocycles. The molecule has 1 aliphatic carbocycles. The van der Waals surface area contributed by atoms with E-state index in [0.717, 1.165) is 68.5 Å². The Morgan fingerprint density at radius 1 is 0.825 bits per heavy atom. The van der Waals surface area contributed by atoms with Crippen LogP contribution in [0.2, 0.25) is 5.02 Å². The van der Waals surface area contributed by atoms with Crippen LogP contribution in [-0.2, 0) is 31.2 Å². The maximum atomic E-state index is 14.6. The third-order valence-electron chi connectivity index (χ3n) is 14.1. The average Bonchev–Trinajstić information content (AvgIpc) is 0.752. The summed E-state index contributed by atoms with van der Waals surface area (Å²) in [5, 5.41) is 5.54. The zero-order chi connectivity index (χ0) is 64.0. The van der Waals surface area contributed by atoms with E-state index < -0.39 is 110 Å². The molecule has 5 aromatic rings. The van der Waals surface area contributed by atoms with Crippen molar-refractivity contribution in [3.63, 3.8) is 0 Å². The van der Waals surface area contributed by atoms with Crippen molar-refractivity contribution in [1.82, 2.24) is 29.7 Å². The van der Waals surface area contributed by atoms with Crippen molar-refractivity contribution in [2.75, 3.05) is 92.7 Å². The normalized spacial score (nSPS) is 22.5. The van der Waals surface area contributed by atoms with Crippen LogP contribution in [0.15, 0.2) is 136 Å². The highest BCUT2D eigenvalue weighted by atomic mass is 35.5. The number of piperazine rings is 2. The van der Waals surface area contributed by atoms with Crippen LogP contribution < -0.4 is 25.2 Å². The molecule has 3 N–H and O–H groups in total. The first kappa shape index (κ1) is 48.7. The van der Waals surface area contributed by atoms with E-state index in [1.54, 1.807) is 42.5 Å². The molecule has 4 aliphatic rings. The molecule has 4 heterocycles. The molecule has 9 rings (SSSR count). The number of pyridine rings is 1. The molecule has 0 bridgehead atoms. The number of sulfonamides is 1. The van der Waals surface area contributed by atoms with E-state index in [-0.39, 0.29) is 47.1 Å². The summed E-state index contributed by atoms with van der Waals surface area (Å²) >= 11 is 7.30. The quantitative estimate of drug-likeness (QED) is 0.0665. The molecule has 3 fully saturated rings. The first-order chi connectivity index (χ1) is 41.1.